The molecule has 23 heavy (non-hydrogen) atoms. The predicted octanol–water partition coefficient (Wildman–Crippen LogP) is 2.92. The Kier molecular flexibility index (Phi) is 4.80. The Morgan fingerprint density at radius 2 is 1.83 bits per heavy atom. The number of carbonyl (C=O) groups is 1. The zero-order chi connectivity index (χ0) is 17.0. The van der Waals surface area contributed by atoms with Gasteiger partial charge in [0.1, 0.15) is 5.75 Å². The highest BCUT2D eigenvalue weighted by Gasteiger charge is 2.18. The van der Waals surface area contributed by atoms with Gasteiger partial charge in [0.2, 0.25) is 0 Å². The molecule has 0 bridgehead atoms. The van der Waals surface area contributed by atoms with E-state index in [0.717, 1.165) is 0 Å². The molecule has 0 spiro atoms. The third-order valence-corrected chi connectivity index (χ3v) is 3.27. The number of nitro benzene ring substituents is 1. The molecule has 120 valence electrons. The van der Waals surface area contributed by atoms with Gasteiger partial charge in [0, 0.05) is 37.6 Å². The zero-order valence-corrected chi connectivity index (χ0v) is 13.1. The Morgan fingerprint density at radius 1 is 1.17 bits per heavy atom. The van der Waals surface area contributed by atoms with E-state index >= 15 is 0 Å². The minimum absolute atomic E-state index is 0.129. The lowest BCUT2D eigenvalue weighted by Gasteiger charge is -2.17. The first kappa shape index (κ1) is 16.3. The van der Waals surface area contributed by atoms with Crippen LogP contribution in [0.15, 0.2) is 42.5 Å². The van der Waals surface area contributed by atoms with E-state index in [1.807, 2.05) is 0 Å². The average Bonchev–Trinajstić information content (AvgIpc) is 2.54. The van der Waals surface area contributed by atoms with E-state index in [4.69, 9.17) is 4.74 Å². The number of methoxy groups -OCH3 is 1. The molecule has 7 nitrogen and oxygen atoms in total. The third kappa shape index (κ3) is 3.76. The van der Waals surface area contributed by atoms with Crippen molar-refractivity contribution in [2.24, 2.45) is 0 Å². The van der Waals surface area contributed by atoms with Crippen LogP contribution in [-0.2, 0) is 0 Å². The zero-order valence-electron chi connectivity index (χ0n) is 13.1. The highest BCUT2D eigenvalue weighted by atomic mass is 16.6. The summed E-state index contributed by atoms with van der Waals surface area (Å²) in [6, 6.07) is 11.0. The van der Waals surface area contributed by atoms with Gasteiger partial charge in [0.15, 0.2) is 0 Å². The summed E-state index contributed by atoms with van der Waals surface area (Å²) in [6.07, 6.45) is 0. The molecule has 7 heteroatoms. The van der Waals surface area contributed by atoms with E-state index < -0.39 is 10.8 Å². The lowest BCUT2D eigenvalue weighted by Crippen LogP contribution is -2.18. The van der Waals surface area contributed by atoms with Crippen LogP contribution in [0.3, 0.4) is 0 Å². The molecule has 0 heterocycles. The molecule has 0 aromatic heterocycles. The van der Waals surface area contributed by atoms with Crippen LogP contribution in [0.1, 0.15) is 10.4 Å². The first-order valence-electron chi connectivity index (χ1n) is 6.83. The van der Waals surface area contributed by atoms with Gasteiger partial charge in [-0.05, 0) is 30.3 Å². The maximum Gasteiger partial charge on any atom is 0.270 e. The van der Waals surface area contributed by atoms with Gasteiger partial charge < -0.3 is 15.0 Å². The largest absolute Gasteiger partial charge is 0.497 e. The highest BCUT2D eigenvalue weighted by Crippen LogP contribution is 2.25. The number of ether oxygens (including phenoxy) is 1. The minimum Gasteiger partial charge on any atom is -0.497 e. The van der Waals surface area contributed by atoms with Crippen LogP contribution in [0.4, 0.5) is 17.1 Å². The molecule has 0 saturated carbocycles. The molecule has 2 aromatic carbocycles. The van der Waals surface area contributed by atoms with Gasteiger partial charge in [-0.25, -0.2) is 0 Å². The topological polar surface area (TPSA) is 84.7 Å². The smallest absolute Gasteiger partial charge is 0.270 e. The number of anilines is 2. The maximum atomic E-state index is 12.5. The molecule has 2 aromatic rings. The van der Waals surface area contributed by atoms with Crippen molar-refractivity contribution in [2.45, 2.75) is 0 Å². The lowest BCUT2D eigenvalue weighted by atomic mass is 10.1. The SMILES string of the molecule is COc1ccc(NC(=O)c2cc([N+](=O)[O-])ccc2N(C)C)cc1. The molecule has 0 aliphatic carbocycles. The summed E-state index contributed by atoms with van der Waals surface area (Å²) in [5.74, 6) is 0.259. The first-order valence-corrected chi connectivity index (χ1v) is 6.83. The second-order valence-electron chi connectivity index (χ2n) is 5.04. The van der Waals surface area contributed by atoms with Crippen molar-refractivity contribution >= 4 is 23.0 Å². The van der Waals surface area contributed by atoms with Crippen LogP contribution in [-0.4, -0.2) is 32.0 Å². The highest BCUT2D eigenvalue weighted by molar-refractivity contribution is 6.08. The number of nitrogens with zero attached hydrogens (tertiary/aromatic N) is 2. The molecule has 0 aliphatic rings. The van der Waals surface area contributed by atoms with Crippen molar-refractivity contribution in [2.75, 3.05) is 31.4 Å². The third-order valence-electron chi connectivity index (χ3n) is 3.27. The molecule has 2 rings (SSSR count). The van der Waals surface area contributed by atoms with Crippen LogP contribution in [0.5, 0.6) is 5.75 Å². The number of carbonyl (C=O) groups excluding carboxylic acids is 1. The summed E-state index contributed by atoms with van der Waals surface area (Å²) in [7, 11) is 5.09. The number of hydrogen-bond donors (Lipinski definition) is 1. The molecule has 0 saturated heterocycles. The van der Waals surface area contributed by atoms with Gasteiger partial charge in [-0.2, -0.15) is 0 Å². The van der Waals surface area contributed by atoms with Gasteiger partial charge >= 0.3 is 0 Å². The molecule has 0 radical (unpaired) electrons. The number of rotatable bonds is 5. The number of amides is 1. The number of nitrogens with one attached hydrogen (secondary N) is 1. The molecule has 1 amide bonds. The molecule has 1 N–H and O–H groups in total. The Hall–Kier alpha value is -3.09. The van der Waals surface area contributed by atoms with E-state index in [2.05, 4.69) is 5.32 Å². The van der Waals surface area contributed by atoms with Gasteiger partial charge in [0.05, 0.1) is 17.6 Å². The Morgan fingerprint density at radius 3 is 2.35 bits per heavy atom. The van der Waals surface area contributed by atoms with E-state index in [9.17, 15) is 14.9 Å². The standard InChI is InChI=1S/C16H17N3O4/c1-18(2)15-9-6-12(19(21)22)10-14(15)16(20)17-11-4-7-13(23-3)8-5-11/h4-10H,1-3H3,(H,17,20). The van der Waals surface area contributed by atoms with Gasteiger partial charge in [-0.15, -0.1) is 0 Å². The van der Waals surface area contributed by atoms with Crippen molar-refractivity contribution in [1.82, 2.24) is 0 Å². The molecule has 0 fully saturated rings. The number of nitro groups is 1. The maximum absolute atomic E-state index is 12.5. The van der Waals surface area contributed by atoms with Crippen molar-refractivity contribution in [3.63, 3.8) is 0 Å². The number of non-ortho nitro benzene ring substituents is 1. The Balaban J connectivity index is 2.32. The summed E-state index contributed by atoms with van der Waals surface area (Å²) in [5, 5.41) is 13.7. The second kappa shape index (κ2) is 6.78. The average molecular weight is 315 g/mol. The fourth-order valence-corrected chi connectivity index (χ4v) is 2.08. The van der Waals surface area contributed by atoms with Crippen LogP contribution < -0.4 is 15.0 Å². The lowest BCUT2D eigenvalue weighted by molar-refractivity contribution is -0.384. The summed E-state index contributed by atoms with van der Waals surface area (Å²) >= 11 is 0. The normalized spacial score (nSPS) is 10.0. The summed E-state index contributed by atoms with van der Waals surface area (Å²) in [6.45, 7) is 0. The van der Waals surface area contributed by atoms with Crippen LogP contribution >= 0.6 is 0 Å². The van der Waals surface area contributed by atoms with Crippen LogP contribution in [0.2, 0.25) is 0 Å². The van der Waals surface area contributed by atoms with Gasteiger partial charge in [0.25, 0.3) is 11.6 Å². The van der Waals surface area contributed by atoms with Crippen LogP contribution in [0, 0.1) is 10.1 Å². The summed E-state index contributed by atoms with van der Waals surface area (Å²) in [5.41, 5.74) is 1.28. The van der Waals surface area contributed by atoms with Crippen molar-refractivity contribution < 1.29 is 14.5 Å². The van der Waals surface area contributed by atoms with Gasteiger partial charge in [-0.3, -0.25) is 14.9 Å². The van der Waals surface area contributed by atoms with E-state index in [1.165, 1.54) is 12.1 Å². The van der Waals surface area contributed by atoms with Crippen LogP contribution in [0.25, 0.3) is 0 Å². The predicted molar refractivity (Wildman–Crippen MR) is 88.4 cm³/mol. The minimum atomic E-state index is -0.524. The Bertz CT molecular complexity index is 727. The monoisotopic (exact) mass is 315 g/mol. The molecule has 0 unspecified atom stereocenters. The van der Waals surface area contributed by atoms with Gasteiger partial charge in [-0.1, -0.05) is 0 Å². The second-order valence-corrected chi connectivity index (χ2v) is 5.04. The Labute approximate surface area is 133 Å². The first-order chi connectivity index (χ1) is 10.9. The van der Waals surface area contributed by atoms with E-state index in [1.54, 1.807) is 56.4 Å². The van der Waals surface area contributed by atoms with Crippen molar-refractivity contribution in [3.8, 4) is 5.75 Å². The summed E-state index contributed by atoms with van der Waals surface area (Å²) < 4.78 is 5.06. The number of benzene rings is 2. The fraction of sp³-hybridized carbons (Fsp3) is 0.188. The van der Waals surface area contributed by atoms with E-state index in [0.29, 0.717) is 17.1 Å². The van der Waals surface area contributed by atoms with Crippen molar-refractivity contribution in [1.29, 1.82) is 0 Å². The fourth-order valence-electron chi connectivity index (χ4n) is 2.08. The van der Waals surface area contributed by atoms with Crippen molar-refractivity contribution in [3.05, 3.63) is 58.1 Å². The molecule has 0 atom stereocenters. The molecular weight excluding hydrogens is 298 g/mol. The van der Waals surface area contributed by atoms with E-state index in [-0.39, 0.29) is 11.3 Å². The molecular formula is C16H17N3O4. The number of hydrogen-bond acceptors (Lipinski definition) is 5. The molecule has 0 aliphatic heterocycles. The quantitative estimate of drug-likeness (QED) is 0.677. The summed E-state index contributed by atoms with van der Waals surface area (Å²) in [4.78, 5) is 24.6.